The Morgan fingerprint density at radius 2 is 1.57 bits per heavy atom. The zero-order chi connectivity index (χ0) is 21.2. The summed E-state index contributed by atoms with van der Waals surface area (Å²) in [6.45, 7) is 1.77. The molecule has 0 heterocycles. The van der Waals surface area contributed by atoms with Crippen molar-refractivity contribution >= 4 is 0 Å². The number of hydrogen-bond acceptors (Lipinski definition) is 5. The van der Waals surface area contributed by atoms with Crippen LogP contribution in [-0.2, 0) is 13.0 Å². The van der Waals surface area contributed by atoms with Crippen molar-refractivity contribution in [1.82, 2.24) is 5.32 Å². The number of methoxy groups -OCH3 is 2. The molecule has 30 heavy (non-hydrogen) atoms. The molecule has 5 nitrogen and oxygen atoms in total. The van der Waals surface area contributed by atoms with E-state index < -0.39 is 6.10 Å². The van der Waals surface area contributed by atoms with E-state index >= 15 is 0 Å². The van der Waals surface area contributed by atoms with Gasteiger partial charge in [0.15, 0.2) is 11.5 Å². The predicted molar refractivity (Wildman–Crippen MR) is 118 cm³/mol. The average molecular weight is 408 g/mol. The average Bonchev–Trinajstić information content (AvgIpc) is 2.81. The van der Waals surface area contributed by atoms with Gasteiger partial charge in [0, 0.05) is 6.54 Å². The molecule has 0 aliphatic rings. The van der Waals surface area contributed by atoms with Crippen LogP contribution in [0.1, 0.15) is 22.8 Å². The van der Waals surface area contributed by atoms with Crippen LogP contribution in [0.2, 0.25) is 0 Å². The second kappa shape index (κ2) is 11.2. The molecule has 0 saturated carbocycles. The van der Waals surface area contributed by atoms with Crippen LogP contribution in [-0.4, -0.2) is 32.4 Å². The van der Waals surface area contributed by atoms with Crippen LogP contribution in [0.3, 0.4) is 0 Å². The molecule has 158 valence electrons. The van der Waals surface area contributed by atoms with Crippen molar-refractivity contribution in [3.8, 4) is 17.2 Å². The largest absolute Gasteiger partial charge is 0.493 e. The second-order valence-corrected chi connectivity index (χ2v) is 7.00. The Kier molecular flexibility index (Phi) is 8.12. The number of aliphatic hydroxyl groups is 1. The van der Waals surface area contributed by atoms with Gasteiger partial charge in [-0.3, -0.25) is 0 Å². The first-order valence-electron chi connectivity index (χ1n) is 10.1. The minimum Gasteiger partial charge on any atom is -0.493 e. The minimum atomic E-state index is -0.571. The van der Waals surface area contributed by atoms with E-state index in [1.54, 1.807) is 14.2 Å². The molecule has 0 amide bonds. The molecule has 0 spiro atoms. The summed E-state index contributed by atoms with van der Waals surface area (Å²) in [5.74, 6) is 2.24. The summed E-state index contributed by atoms with van der Waals surface area (Å²) < 4.78 is 16.4. The molecule has 0 saturated heterocycles. The van der Waals surface area contributed by atoms with Crippen molar-refractivity contribution in [2.75, 3.05) is 27.3 Å². The normalized spacial score (nSPS) is 11.7. The maximum absolute atomic E-state index is 10.4. The fraction of sp³-hybridized carbons (Fsp3) is 0.280. The maximum atomic E-state index is 10.4. The number of rotatable bonds is 11. The maximum Gasteiger partial charge on any atom is 0.160 e. The van der Waals surface area contributed by atoms with Gasteiger partial charge in [0.25, 0.3) is 0 Å². The second-order valence-electron chi connectivity index (χ2n) is 7.00. The summed E-state index contributed by atoms with van der Waals surface area (Å²) in [5, 5.41) is 13.7. The van der Waals surface area contributed by atoms with Gasteiger partial charge >= 0.3 is 0 Å². The molecule has 3 aromatic rings. The Morgan fingerprint density at radius 3 is 2.27 bits per heavy atom. The highest BCUT2D eigenvalue weighted by Gasteiger charge is 2.08. The molecule has 2 N–H and O–H groups in total. The highest BCUT2D eigenvalue weighted by molar-refractivity contribution is 5.43. The molecule has 0 aliphatic carbocycles. The van der Waals surface area contributed by atoms with Crippen LogP contribution in [0.5, 0.6) is 17.2 Å². The molecule has 3 aromatic carbocycles. The van der Waals surface area contributed by atoms with Gasteiger partial charge in [-0.25, -0.2) is 0 Å². The van der Waals surface area contributed by atoms with Gasteiger partial charge in [-0.2, -0.15) is 0 Å². The van der Waals surface area contributed by atoms with E-state index in [0.29, 0.717) is 13.2 Å². The highest BCUT2D eigenvalue weighted by atomic mass is 16.5. The van der Waals surface area contributed by atoms with Crippen LogP contribution in [0, 0.1) is 0 Å². The topological polar surface area (TPSA) is 60.0 Å². The molecule has 0 bridgehead atoms. The number of hydrogen-bond donors (Lipinski definition) is 2. The van der Waals surface area contributed by atoms with E-state index in [0.717, 1.165) is 46.9 Å². The molecule has 3 rings (SSSR count). The van der Waals surface area contributed by atoms with Crippen molar-refractivity contribution < 1.29 is 19.3 Å². The van der Waals surface area contributed by atoms with Crippen molar-refractivity contribution in [2.24, 2.45) is 0 Å². The van der Waals surface area contributed by atoms with E-state index in [2.05, 4.69) is 5.32 Å². The summed E-state index contributed by atoms with van der Waals surface area (Å²) in [5.41, 5.74) is 3.13. The molecular formula is C25H29NO4. The Labute approximate surface area is 178 Å². The van der Waals surface area contributed by atoms with Crippen molar-refractivity contribution in [2.45, 2.75) is 19.1 Å². The lowest BCUT2D eigenvalue weighted by Crippen LogP contribution is -2.23. The van der Waals surface area contributed by atoms with Crippen LogP contribution < -0.4 is 19.5 Å². The summed E-state index contributed by atoms with van der Waals surface area (Å²) >= 11 is 0. The smallest absolute Gasteiger partial charge is 0.160 e. The van der Waals surface area contributed by atoms with Gasteiger partial charge in [0.05, 0.1) is 20.3 Å². The fourth-order valence-corrected chi connectivity index (χ4v) is 3.15. The van der Waals surface area contributed by atoms with Gasteiger partial charge in [-0.05, 0) is 53.9 Å². The van der Waals surface area contributed by atoms with Crippen LogP contribution in [0.4, 0.5) is 0 Å². The lowest BCUT2D eigenvalue weighted by Gasteiger charge is -2.14. The minimum absolute atomic E-state index is 0.484. The Hall–Kier alpha value is -3.02. The first-order chi connectivity index (χ1) is 14.7. The highest BCUT2D eigenvalue weighted by Crippen LogP contribution is 2.27. The van der Waals surface area contributed by atoms with E-state index in [4.69, 9.17) is 14.2 Å². The van der Waals surface area contributed by atoms with Crippen molar-refractivity contribution in [3.05, 3.63) is 89.5 Å². The summed E-state index contributed by atoms with van der Waals surface area (Å²) in [4.78, 5) is 0. The molecule has 0 radical (unpaired) electrons. The lowest BCUT2D eigenvalue weighted by atomic mass is 10.1. The quantitative estimate of drug-likeness (QED) is 0.468. The predicted octanol–water partition coefficient (Wildman–Crippen LogP) is 4.15. The van der Waals surface area contributed by atoms with Crippen LogP contribution in [0.25, 0.3) is 0 Å². The van der Waals surface area contributed by atoms with E-state index in [1.165, 1.54) is 0 Å². The molecule has 1 atom stereocenters. The summed E-state index contributed by atoms with van der Waals surface area (Å²) in [7, 11) is 3.26. The zero-order valence-electron chi connectivity index (χ0n) is 17.5. The zero-order valence-corrected chi connectivity index (χ0v) is 17.5. The number of ether oxygens (including phenoxy) is 3. The standard InChI is InChI=1S/C25H29NO4/c1-28-24-13-8-19(16-25(24)29-2)14-15-26-17-23(27)21-9-11-22(12-10-21)30-18-20-6-4-3-5-7-20/h3-13,16,23,26-27H,14-15,17-18H2,1-2H3. The molecular weight excluding hydrogens is 378 g/mol. The number of nitrogens with one attached hydrogen (secondary N) is 1. The van der Waals surface area contributed by atoms with Gasteiger partial charge in [0.2, 0.25) is 0 Å². The third kappa shape index (κ3) is 6.24. The lowest BCUT2D eigenvalue weighted by molar-refractivity contribution is 0.175. The monoisotopic (exact) mass is 407 g/mol. The Bertz CT molecular complexity index is 897. The number of aliphatic hydroxyl groups excluding tert-OH is 1. The molecule has 0 fully saturated rings. The molecule has 1 unspecified atom stereocenters. The Balaban J connectivity index is 1.42. The van der Waals surface area contributed by atoms with Crippen LogP contribution >= 0.6 is 0 Å². The van der Waals surface area contributed by atoms with Crippen molar-refractivity contribution in [3.63, 3.8) is 0 Å². The van der Waals surface area contributed by atoms with E-state index in [1.807, 2.05) is 72.8 Å². The van der Waals surface area contributed by atoms with Gasteiger partial charge in [-0.1, -0.05) is 48.5 Å². The van der Waals surface area contributed by atoms with Crippen molar-refractivity contribution in [1.29, 1.82) is 0 Å². The van der Waals surface area contributed by atoms with E-state index in [9.17, 15) is 5.11 Å². The van der Waals surface area contributed by atoms with E-state index in [-0.39, 0.29) is 0 Å². The summed E-state index contributed by atoms with van der Waals surface area (Å²) in [6.07, 6.45) is 0.262. The molecule has 5 heteroatoms. The fourth-order valence-electron chi connectivity index (χ4n) is 3.15. The van der Waals surface area contributed by atoms with Gasteiger partial charge < -0.3 is 24.6 Å². The number of benzene rings is 3. The SMILES string of the molecule is COc1ccc(CCNCC(O)c2ccc(OCc3ccccc3)cc2)cc1OC. The summed E-state index contributed by atoms with van der Waals surface area (Å²) in [6, 6.07) is 23.5. The molecule has 0 aliphatic heterocycles. The van der Waals surface area contributed by atoms with Gasteiger partial charge in [-0.15, -0.1) is 0 Å². The first kappa shape index (κ1) is 21.7. The molecule has 0 aromatic heterocycles. The Morgan fingerprint density at radius 1 is 0.833 bits per heavy atom. The third-order valence-corrected chi connectivity index (χ3v) is 4.89. The van der Waals surface area contributed by atoms with Gasteiger partial charge in [0.1, 0.15) is 12.4 Å². The third-order valence-electron chi connectivity index (χ3n) is 4.89. The van der Waals surface area contributed by atoms with Crippen LogP contribution in [0.15, 0.2) is 72.8 Å². The first-order valence-corrected chi connectivity index (χ1v) is 10.1.